The molecule has 0 aliphatic heterocycles. The third kappa shape index (κ3) is 3.60. The summed E-state index contributed by atoms with van der Waals surface area (Å²) in [6, 6.07) is 9.27. The number of fused-ring (bicyclic) bond motifs is 1. The quantitative estimate of drug-likeness (QED) is 0.335. The summed E-state index contributed by atoms with van der Waals surface area (Å²) in [7, 11) is -3.66. The molecule has 0 bridgehead atoms. The number of pyridine rings is 1. The van der Waals surface area contributed by atoms with Crippen LogP contribution in [-0.4, -0.2) is 19.7 Å². The molecule has 0 radical (unpaired) electrons. The lowest BCUT2D eigenvalue weighted by atomic mass is 10.00. The second kappa shape index (κ2) is 6.95. The molecule has 1 aromatic heterocycles. The van der Waals surface area contributed by atoms with Crippen molar-refractivity contribution in [3.05, 3.63) is 57.4 Å². The monoisotopic (exact) mass is 505 g/mol. The number of benzene rings is 2. The van der Waals surface area contributed by atoms with Gasteiger partial charge in [-0.1, -0.05) is 55.6 Å². The van der Waals surface area contributed by atoms with Gasteiger partial charge in [-0.05, 0) is 35.4 Å². The average Bonchev–Trinajstić information content (AvgIpc) is 2.52. The van der Waals surface area contributed by atoms with Crippen molar-refractivity contribution in [1.29, 1.82) is 0 Å². The number of sulfone groups is 1. The largest absolute Gasteiger partial charge is 0.235 e. The third-order valence-corrected chi connectivity index (χ3v) is 6.58. The van der Waals surface area contributed by atoms with Crippen molar-refractivity contribution >= 4 is 64.2 Å². The van der Waals surface area contributed by atoms with Gasteiger partial charge in [0.2, 0.25) is 0 Å². The van der Waals surface area contributed by atoms with E-state index < -0.39 is 15.7 Å². The Kier molecular flexibility index (Phi) is 5.21. The Hall–Kier alpha value is -1.02. The van der Waals surface area contributed by atoms with Crippen LogP contribution in [0.2, 0.25) is 5.15 Å². The smallest absolute Gasteiger partial charge is 0.179 e. The van der Waals surface area contributed by atoms with Gasteiger partial charge in [-0.2, -0.15) is 0 Å². The molecule has 0 saturated heterocycles. The molecule has 3 rings (SSSR count). The zero-order chi connectivity index (χ0) is 18.4. The molecule has 0 N–H and O–H groups in total. The van der Waals surface area contributed by atoms with Crippen molar-refractivity contribution in [2.24, 2.45) is 0 Å². The first-order valence-electron chi connectivity index (χ1n) is 7.06. The molecule has 0 unspecified atom stereocenters. The maximum absolute atomic E-state index is 13.3. The zero-order valence-corrected chi connectivity index (χ0v) is 17.6. The van der Waals surface area contributed by atoms with Gasteiger partial charge >= 0.3 is 0 Å². The van der Waals surface area contributed by atoms with Gasteiger partial charge in [0.15, 0.2) is 9.84 Å². The average molecular weight is 508 g/mol. The molecule has 0 atom stereocenters. The van der Waals surface area contributed by atoms with Crippen LogP contribution in [0.5, 0.6) is 0 Å². The molecule has 0 amide bonds. The summed E-state index contributed by atoms with van der Waals surface area (Å²) in [6.07, 6.45) is 1.08. The summed E-state index contributed by atoms with van der Waals surface area (Å²) in [5.41, 5.74) is 2.46. The number of rotatable bonds is 3. The molecule has 0 saturated carbocycles. The van der Waals surface area contributed by atoms with Gasteiger partial charge < -0.3 is 0 Å². The van der Waals surface area contributed by atoms with E-state index in [-0.39, 0.29) is 10.0 Å². The topological polar surface area (TPSA) is 47.0 Å². The molecule has 0 fully saturated rings. The standard InChI is InChI=1S/C17H11Br2ClFNO2S/c1-25(23,24)16-15(9-2-4-11(21)5-3-9)12-6-10(8-18)13(19)7-14(12)22-17(16)20/h2-7H,8H2,1H3. The molecule has 0 aliphatic carbocycles. The third-order valence-electron chi connectivity index (χ3n) is 3.71. The fourth-order valence-electron chi connectivity index (χ4n) is 2.63. The Balaban J connectivity index is 2.53. The van der Waals surface area contributed by atoms with E-state index in [0.29, 0.717) is 27.4 Å². The molecule has 3 nitrogen and oxygen atoms in total. The van der Waals surface area contributed by atoms with Gasteiger partial charge in [-0.15, -0.1) is 0 Å². The van der Waals surface area contributed by atoms with Crippen LogP contribution in [0.15, 0.2) is 45.8 Å². The Morgan fingerprint density at radius 2 is 1.84 bits per heavy atom. The number of hydrogen-bond acceptors (Lipinski definition) is 3. The number of alkyl halides is 1. The van der Waals surface area contributed by atoms with Gasteiger partial charge in [0.25, 0.3) is 0 Å². The molecule has 0 spiro atoms. The van der Waals surface area contributed by atoms with E-state index in [1.165, 1.54) is 24.3 Å². The van der Waals surface area contributed by atoms with E-state index in [9.17, 15) is 12.8 Å². The van der Waals surface area contributed by atoms with Crippen molar-refractivity contribution in [3.8, 4) is 11.1 Å². The highest BCUT2D eigenvalue weighted by molar-refractivity contribution is 9.10. The number of halogens is 4. The predicted octanol–water partition coefficient (Wildman–Crippen LogP) is 5.76. The highest BCUT2D eigenvalue weighted by Gasteiger charge is 2.24. The summed E-state index contributed by atoms with van der Waals surface area (Å²) in [6.45, 7) is 0. The Labute approximate surface area is 166 Å². The minimum atomic E-state index is -3.66. The first-order chi connectivity index (χ1) is 11.7. The maximum Gasteiger partial charge on any atom is 0.179 e. The Morgan fingerprint density at radius 1 is 1.20 bits per heavy atom. The van der Waals surface area contributed by atoms with Crippen LogP contribution < -0.4 is 0 Å². The minimum Gasteiger partial charge on any atom is -0.235 e. The van der Waals surface area contributed by atoms with E-state index >= 15 is 0 Å². The molecule has 0 aliphatic rings. The molecule has 25 heavy (non-hydrogen) atoms. The van der Waals surface area contributed by atoms with Crippen molar-refractivity contribution in [2.45, 2.75) is 10.2 Å². The van der Waals surface area contributed by atoms with E-state index in [0.717, 1.165) is 16.3 Å². The molecule has 130 valence electrons. The van der Waals surface area contributed by atoms with Gasteiger partial charge in [0.05, 0.1) is 5.52 Å². The molecule has 3 aromatic rings. The van der Waals surface area contributed by atoms with Crippen molar-refractivity contribution in [2.75, 3.05) is 6.26 Å². The fraction of sp³-hybridized carbons (Fsp3) is 0.118. The van der Waals surface area contributed by atoms with Crippen molar-refractivity contribution in [3.63, 3.8) is 0 Å². The second-order valence-corrected chi connectivity index (χ2v) is 9.21. The van der Waals surface area contributed by atoms with E-state index in [4.69, 9.17) is 11.6 Å². The second-order valence-electron chi connectivity index (χ2n) is 5.48. The van der Waals surface area contributed by atoms with Gasteiger partial charge in [0.1, 0.15) is 15.9 Å². The van der Waals surface area contributed by atoms with Crippen LogP contribution in [0, 0.1) is 5.82 Å². The summed E-state index contributed by atoms with van der Waals surface area (Å²) < 4.78 is 38.9. The Morgan fingerprint density at radius 3 is 2.40 bits per heavy atom. The van der Waals surface area contributed by atoms with Crippen LogP contribution in [0.1, 0.15) is 5.56 Å². The van der Waals surface area contributed by atoms with Gasteiger partial charge in [-0.3, -0.25) is 0 Å². The minimum absolute atomic E-state index is 0.0591. The van der Waals surface area contributed by atoms with Gasteiger partial charge in [-0.25, -0.2) is 17.8 Å². The fourth-order valence-corrected chi connectivity index (χ4v) is 5.49. The zero-order valence-electron chi connectivity index (χ0n) is 12.9. The normalized spacial score (nSPS) is 11.9. The van der Waals surface area contributed by atoms with Crippen LogP contribution in [0.4, 0.5) is 4.39 Å². The lowest BCUT2D eigenvalue weighted by Crippen LogP contribution is -2.04. The van der Waals surface area contributed by atoms with E-state index in [1.807, 2.05) is 6.07 Å². The molecular weight excluding hydrogens is 497 g/mol. The molecular formula is C17H11Br2ClFNO2S. The highest BCUT2D eigenvalue weighted by Crippen LogP contribution is 2.39. The molecule has 2 aromatic carbocycles. The van der Waals surface area contributed by atoms with Crippen molar-refractivity contribution < 1.29 is 12.8 Å². The lowest BCUT2D eigenvalue weighted by molar-refractivity contribution is 0.602. The van der Waals surface area contributed by atoms with Crippen LogP contribution >= 0.6 is 43.5 Å². The predicted molar refractivity (Wildman–Crippen MR) is 106 cm³/mol. The number of aromatic nitrogens is 1. The first kappa shape index (κ1) is 18.8. The lowest BCUT2D eigenvalue weighted by Gasteiger charge is -2.15. The molecule has 1 heterocycles. The summed E-state index contributed by atoms with van der Waals surface area (Å²) >= 11 is 13.1. The number of hydrogen-bond donors (Lipinski definition) is 0. The number of nitrogens with zero attached hydrogens (tertiary/aromatic N) is 1. The summed E-state index contributed by atoms with van der Waals surface area (Å²) in [5.74, 6) is -0.405. The maximum atomic E-state index is 13.3. The first-order valence-corrected chi connectivity index (χ1v) is 11.2. The highest BCUT2D eigenvalue weighted by atomic mass is 79.9. The van der Waals surface area contributed by atoms with Crippen LogP contribution in [0.25, 0.3) is 22.0 Å². The van der Waals surface area contributed by atoms with Crippen LogP contribution in [-0.2, 0) is 15.2 Å². The summed E-state index contributed by atoms with van der Waals surface area (Å²) in [4.78, 5) is 4.19. The molecule has 8 heteroatoms. The Bertz CT molecular complexity index is 1090. The summed E-state index contributed by atoms with van der Waals surface area (Å²) in [5, 5.41) is 1.10. The van der Waals surface area contributed by atoms with E-state index in [2.05, 4.69) is 36.8 Å². The van der Waals surface area contributed by atoms with E-state index in [1.54, 1.807) is 6.07 Å². The van der Waals surface area contributed by atoms with Gasteiger partial charge in [0, 0.05) is 27.0 Å². The SMILES string of the molecule is CS(=O)(=O)c1c(Cl)nc2cc(Br)c(CBr)cc2c1-c1ccc(F)cc1. The van der Waals surface area contributed by atoms with Crippen molar-refractivity contribution in [1.82, 2.24) is 4.98 Å². The van der Waals surface area contributed by atoms with Crippen LogP contribution in [0.3, 0.4) is 0 Å².